The van der Waals surface area contributed by atoms with E-state index in [1.807, 2.05) is 0 Å². The van der Waals surface area contributed by atoms with Crippen LogP contribution >= 0.6 is 0 Å². The molecular weight excluding hydrogens is 189 g/mol. The van der Waals surface area contributed by atoms with E-state index in [1.165, 1.54) is 0 Å². The van der Waals surface area contributed by atoms with Crippen LogP contribution in [0.25, 0.3) is 0 Å². The summed E-state index contributed by atoms with van der Waals surface area (Å²) in [5.74, 6) is 0. The molecule has 34 valence electrons. The van der Waals surface area contributed by atoms with Crippen LogP contribution in [0.4, 0.5) is 0 Å². The maximum absolute atomic E-state index is 8.68. The van der Waals surface area contributed by atoms with Crippen LogP contribution in [0.5, 0.6) is 0 Å². The predicted octanol–water partition coefficient (Wildman–Crippen LogP) is -5.77. The zero-order valence-electron chi connectivity index (χ0n) is 2.35. The standard InChI is InChI=1S/HIO3.H3N/c2-1(3)4;/h2H;1H3. The highest BCUT2D eigenvalue weighted by molar-refractivity contribution is 2.13. The monoisotopic (exact) mass is 193 g/mol. The predicted molar refractivity (Wildman–Crippen MR) is 7.24 cm³/mol. The van der Waals surface area contributed by atoms with Crippen molar-refractivity contribution in [3.05, 3.63) is 0 Å². The van der Waals surface area contributed by atoms with Crippen LogP contribution in [-0.2, 0) is 0 Å². The Kier molecular flexibility index (Phi) is 8.34. The highest BCUT2D eigenvalue weighted by atomic mass is 127. The van der Waals surface area contributed by atoms with E-state index in [1.54, 1.807) is 0 Å². The van der Waals surface area contributed by atoms with Crippen molar-refractivity contribution >= 4 is 0 Å². The molecule has 0 heterocycles. The van der Waals surface area contributed by atoms with Gasteiger partial charge in [0.05, 0.1) is 0 Å². The van der Waals surface area contributed by atoms with Gasteiger partial charge in [0, 0.05) is 0 Å². The van der Waals surface area contributed by atoms with Gasteiger partial charge in [0.15, 0.2) is 0 Å². The van der Waals surface area contributed by atoms with Gasteiger partial charge in [0.1, 0.15) is 0 Å². The van der Waals surface area contributed by atoms with E-state index in [4.69, 9.17) is 10.3 Å². The molecule has 0 fully saturated rings. The Morgan fingerprint density at radius 3 is 1.40 bits per heavy atom. The lowest BCUT2D eigenvalue weighted by Crippen LogP contribution is -3.98. The van der Waals surface area contributed by atoms with Crippen molar-refractivity contribution in [3.63, 3.8) is 0 Å². The Labute approximate surface area is 38.1 Å². The molecule has 4 N–H and O–H groups in total. The average molecular weight is 193 g/mol. The first-order valence-electron chi connectivity index (χ1n) is 0.478. The van der Waals surface area contributed by atoms with E-state index in [0.29, 0.717) is 0 Å². The first-order valence-corrected chi connectivity index (χ1v) is 3.20. The summed E-state index contributed by atoms with van der Waals surface area (Å²) in [5.41, 5.74) is 0. The number of hydrogen-bond donors (Lipinski definition) is 2. The average Bonchev–Trinajstić information content (AvgIpc) is 0.811. The van der Waals surface area contributed by atoms with Crippen molar-refractivity contribution < 1.29 is 31.4 Å². The maximum Gasteiger partial charge on any atom is 0.503 e. The van der Waals surface area contributed by atoms with E-state index < -0.39 is 21.1 Å². The van der Waals surface area contributed by atoms with Gasteiger partial charge in [-0.05, 0) is 3.44 Å². The van der Waals surface area contributed by atoms with Crippen molar-refractivity contribution in [3.8, 4) is 0 Å². The molecule has 0 spiro atoms. The van der Waals surface area contributed by atoms with Crippen LogP contribution in [0.2, 0.25) is 0 Å². The van der Waals surface area contributed by atoms with Gasteiger partial charge < -0.3 is 13.0 Å². The summed E-state index contributed by atoms with van der Waals surface area (Å²) in [4.78, 5) is 0. The fraction of sp³-hybridized carbons (Fsp3) is 0. The highest BCUT2D eigenvalue weighted by Gasteiger charge is 1.89. The number of halogens is 1. The molecular formula is H4INO3. The summed E-state index contributed by atoms with van der Waals surface area (Å²) >= 11 is -3.76. The van der Waals surface area contributed by atoms with E-state index in [-0.39, 0.29) is 6.15 Å². The summed E-state index contributed by atoms with van der Waals surface area (Å²) in [6, 6.07) is 0. The molecule has 0 atom stereocenters. The van der Waals surface area contributed by atoms with Crippen molar-refractivity contribution in [2.75, 3.05) is 0 Å². The quantitative estimate of drug-likeness (QED) is 0.374. The molecule has 0 saturated carbocycles. The Hall–Kier alpha value is 0.570. The Morgan fingerprint density at radius 2 is 1.40 bits per heavy atom. The second kappa shape index (κ2) is 4.57. The lowest BCUT2D eigenvalue weighted by atomic mass is 14.0. The molecule has 0 aromatic heterocycles. The first-order chi connectivity index (χ1) is 1.73. The zero-order chi connectivity index (χ0) is 3.58. The lowest BCUT2D eigenvalue weighted by molar-refractivity contribution is -1.63. The molecule has 0 rings (SSSR count). The van der Waals surface area contributed by atoms with Crippen LogP contribution in [0.15, 0.2) is 0 Å². The van der Waals surface area contributed by atoms with Crippen molar-refractivity contribution in [2.45, 2.75) is 0 Å². The van der Waals surface area contributed by atoms with Gasteiger partial charge in [-0.1, -0.05) is 0 Å². The van der Waals surface area contributed by atoms with Crippen LogP contribution in [-0.4, -0.2) is 3.44 Å². The first kappa shape index (κ1) is 9.13. The molecule has 0 aliphatic carbocycles. The third kappa shape index (κ3) is 92.9. The molecule has 0 aliphatic heterocycles. The third-order valence-corrected chi connectivity index (χ3v) is 0. The van der Waals surface area contributed by atoms with Crippen LogP contribution in [0.1, 0.15) is 0 Å². The van der Waals surface area contributed by atoms with Gasteiger partial charge >= 0.3 is 21.1 Å². The second-order valence-corrected chi connectivity index (χ2v) is 1.35. The SMILES string of the molecule is N.[O-][I+2]([O-])O. The van der Waals surface area contributed by atoms with Crippen molar-refractivity contribution in [2.24, 2.45) is 0 Å². The van der Waals surface area contributed by atoms with Crippen molar-refractivity contribution in [1.82, 2.24) is 6.15 Å². The van der Waals surface area contributed by atoms with Crippen molar-refractivity contribution in [1.29, 1.82) is 0 Å². The minimum atomic E-state index is -3.76. The number of rotatable bonds is 0. The summed E-state index contributed by atoms with van der Waals surface area (Å²) in [5, 5.41) is 0. The molecule has 5 heteroatoms. The number of hydrogen-bond acceptors (Lipinski definition) is 4. The summed E-state index contributed by atoms with van der Waals surface area (Å²) < 4.78 is 24.5. The summed E-state index contributed by atoms with van der Waals surface area (Å²) in [6.45, 7) is 0. The Bertz CT molecular complexity index is 11.6. The molecule has 0 aliphatic rings. The normalized spacial score (nSPS) is 7.20. The third-order valence-electron chi connectivity index (χ3n) is 0. The van der Waals surface area contributed by atoms with E-state index >= 15 is 0 Å². The molecule has 0 aromatic carbocycles. The van der Waals surface area contributed by atoms with Crippen LogP contribution < -0.4 is 34.1 Å². The lowest BCUT2D eigenvalue weighted by Gasteiger charge is -1.67. The minimum Gasteiger partial charge on any atom is -0.396 e. The molecule has 4 nitrogen and oxygen atoms in total. The maximum atomic E-state index is 8.68. The Balaban J connectivity index is 0. The smallest absolute Gasteiger partial charge is 0.396 e. The van der Waals surface area contributed by atoms with Gasteiger partial charge in [0.25, 0.3) is 0 Å². The molecule has 0 aromatic rings. The highest BCUT2D eigenvalue weighted by Crippen LogP contribution is 0.251. The van der Waals surface area contributed by atoms with Gasteiger partial charge in [0.2, 0.25) is 0 Å². The molecule has 0 unspecified atom stereocenters. The molecule has 0 saturated heterocycles. The Morgan fingerprint density at radius 1 is 1.40 bits per heavy atom. The second-order valence-electron chi connectivity index (χ2n) is 0.201. The van der Waals surface area contributed by atoms with Crippen LogP contribution in [0.3, 0.4) is 0 Å². The van der Waals surface area contributed by atoms with Gasteiger partial charge in [-0.2, -0.15) is 0 Å². The largest absolute Gasteiger partial charge is 0.503 e. The van der Waals surface area contributed by atoms with E-state index in [2.05, 4.69) is 0 Å². The van der Waals surface area contributed by atoms with Gasteiger partial charge in [-0.25, -0.2) is 0 Å². The van der Waals surface area contributed by atoms with Crippen LogP contribution in [0, 0.1) is 0 Å². The van der Waals surface area contributed by atoms with E-state index in [9.17, 15) is 0 Å². The summed E-state index contributed by atoms with van der Waals surface area (Å²) in [7, 11) is 0. The topological polar surface area (TPSA) is 101 Å². The fourth-order valence-electron chi connectivity index (χ4n) is 0. The fourth-order valence-corrected chi connectivity index (χ4v) is 0. The summed E-state index contributed by atoms with van der Waals surface area (Å²) in [6.07, 6.45) is 0. The zero-order valence-corrected chi connectivity index (χ0v) is 4.51. The van der Waals surface area contributed by atoms with Gasteiger partial charge in [-0.3, -0.25) is 0 Å². The molecule has 0 amide bonds. The van der Waals surface area contributed by atoms with Gasteiger partial charge in [-0.15, -0.1) is 0 Å². The minimum absolute atomic E-state index is 0. The molecule has 0 bridgehead atoms. The molecule has 0 radical (unpaired) electrons. The van der Waals surface area contributed by atoms with E-state index in [0.717, 1.165) is 0 Å². The molecule has 5 heavy (non-hydrogen) atoms.